The Hall–Kier alpha value is -2.18. The van der Waals surface area contributed by atoms with Gasteiger partial charge in [0, 0.05) is 36.3 Å². The topological polar surface area (TPSA) is 109 Å². The number of carbonyl (C=O) groups is 2. The summed E-state index contributed by atoms with van der Waals surface area (Å²) >= 11 is 5.98. The van der Waals surface area contributed by atoms with E-state index < -0.39 is 12.0 Å². The van der Waals surface area contributed by atoms with E-state index in [0.29, 0.717) is 30.1 Å². The molecule has 2 heterocycles. The molecule has 1 unspecified atom stereocenters. The standard InChI is InChI=1S/C16H16ClN3O3/c17-13-6-11-8(7-19-13)1-2-10-14(16(22)23)12(20-15(10)11)5-9(18)3-4-21/h4,6-7,9,20H,1-3,5,18H2,(H,22,23). The monoisotopic (exact) mass is 333 g/mol. The van der Waals surface area contributed by atoms with E-state index in [4.69, 9.17) is 17.3 Å². The molecule has 0 aliphatic heterocycles. The summed E-state index contributed by atoms with van der Waals surface area (Å²) in [6.45, 7) is 0. The molecular formula is C16H16ClN3O3. The number of carboxylic acid groups (broad SMARTS) is 1. The third-order valence-corrected chi connectivity index (χ3v) is 4.33. The summed E-state index contributed by atoms with van der Waals surface area (Å²) in [5, 5.41) is 9.95. The highest BCUT2D eigenvalue weighted by Crippen LogP contribution is 2.37. The molecule has 0 saturated heterocycles. The van der Waals surface area contributed by atoms with Gasteiger partial charge in [-0.1, -0.05) is 11.6 Å². The molecule has 0 spiro atoms. The van der Waals surface area contributed by atoms with Crippen LogP contribution in [-0.2, 0) is 24.1 Å². The maximum atomic E-state index is 11.7. The van der Waals surface area contributed by atoms with Crippen molar-refractivity contribution in [1.29, 1.82) is 0 Å². The third kappa shape index (κ3) is 2.87. The summed E-state index contributed by atoms with van der Waals surface area (Å²) in [6.07, 6.45) is 4.29. The average Bonchev–Trinajstić information content (AvgIpc) is 2.85. The van der Waals surface area contributed by atoms with Crippen LogP contribution in [0.3, 0.4) is 0 Å². The fourth-order valence-electron chi connectivity index (χ4n) is 3.11. The van der Waals surface area contributed by atoms with Crippen LogP contribution >= 0.6 is 11.6 Å². The molecule has 0 amide bonds. The number of hydrogen-bond acceptors (Lipinski definition) is 4. The highest BCUT2D eigenvalue weighted by molar-refractivity contribution is 6.29. The molecule has 4 N–H and O–H groups in total. The van der Waals surface area contributed by atoms with Gasteiger partial charge in [-0.05, 0) is 30.0 Å². The maximum Gasteiger partial charge on any atom is 0.337 e. The zero-order valence-electron chi connectivity index (χ0n) is 12.3. The molecule has 0 radical (unpaired) electrons. The largest absolute Gasteiger partial charge is 0.478 e. The zero-order chi connectivity index (χ0) is 16.6. The molecule has 0 fully saturated rings. The first-order chi connectivity index (χ1) is 11.0. The first-order valence-corrected chi connectivity index (χ1v) is 7.70. The number of nitrogens with two attached hydrogens (primary N) is 1. The summed E-state index contributed by atoms with van der Waals surface area (Å²) < 4.78 is 0. The van der Waals surface area contributed by atoms with Crippen LogP contribution in [0.1, 0.15) is 33.6 Å². The molecule has 3 rings (SSSR count). The zero-order valence-corrected chi connectivity index (χ0v) is 13.1. The van der Waals surface area contributed by atoms with Gasteiger partial charge < -0.3 is 20.6 Å². The SMILES string of the molecule is NC(CC=O)Cc1[nH]c2c(c1C(=O)O)CCc1cnc(Cl)cc1-2. The molecule has 2 aromatic rings. The molecule has 1 aliphatic rings. The normalized spacial score (nSPS) is 14.0. The van der Waals surface area contributed by atoms with Crippen molar-refractivity contribution in [3.8, 4) is 11.3 Å². The van der Waals surface area contributed by atoms with Gasteiger partial charge in [0.15, 0.2) is 0 Å². The molecule has 7 heteroatoms. The summed E-state index contributed by atoms with van der Waals surface area (Å²) in [5.74, 6) is -0.987. The van der Waals surface area contributed by atoms with Crippen LogP contribution in [-0.4, -0.2) is 33.4 Å². The number of rotatable bonds is 5. The van der Waals surface area contributed by atoms with Crippen molar-refractivity contribution in [2.24, 2.45) is 5.73 Å². The first kappa shape index (κ1) is 15.7. The van der Waals surface area contributed by atoms with Crippen molar-refractivity contribution < 1.29 is 14.7 Å². The summed E-state index contributed by atoms with van der Waals surface area (Å²) in [7, 11) is 0. The Labute approximate surface area is 137 Å². The smallest absolute Gasteiger partial charge is 0.337 e. The Kier molecular flexibility index (Phi) is 4.19. The third-order valence-electron chi connectivity index (χ3n) is 4.13. The molecule has 0 bridgehead atoms. The van der Waals surface area contributed by atoms with Crippen LogP contribution in [0.2, 0.25) is 5.15 Å². The number of aromatic nitrogens is 2. The summed E-state index contributed by atoms with van der Waals surface area (Å²) in [4.78, 5) is 29.6. The van der Waals surface area contributed by atoms with Crippen molar-refractivity contribution in [1.82, 2.24) is 9.97 Å². The second kappa shape index (κ2) is 6.14. The minimum absolute atomic E-state index is 0.190. The number of aromatic amines is 1. The Morgan fingerprint density at radius 2 is 2.30 bits per heavy atom. The fraction of sp³-hybridized carbons (Fsp3) is 0.312. The lowest BCUT2D eigenvalue weighted by Crippen LogP contribution is -2.24. The number of aromatic carboxylic acids is 1. The fourth-order valence-corrected chi connectivity index (χ4v) is 3.26. The van der Waals surface area contributed by atoms with E-state index in [1.54, 1.807) is 12.3 Å². The van der Waals surface area contributed by atoms with Gasteiger partial charge in [-0.3, -0.25) is 0 Å². The molecule has 23 heavy (non-hydrogen) atoms. The molecule has 1 atom stereocenters. The number of nitrogens with one attached hydrogen (secondary N) is 1. The van der Waals surface area contributed by atoms with E-state index in [9.17, 15) is 14.7 Å². The lowest BCUT2D eigenvalue weighted by molar-refractivity contribution is -0.108. The van der Waals surface area contributed by atoms with Crippen molar-refractivity contribution in [3.63, 3.8) is 0 Å². The number of carbonyl (C=O) groups excluding carboxylic acids is 1. The van der Waals surface area contributed by atoms with Gasteiger partial charge in [-0.2, -0.15) is 0 Å². The predicted molar refractivity (Wildman–Crippen MR) is 85.8 cm³/mol. The van der Waals surface area contributed by atoms with Crippen LogP contribution < -0.4 is 5.73 Å². The average molecular weight is 334 g/mol. The number of fused-ring (bicyclic) bond motifs is 3. The van der Waals surface area contributed by atoms with Gasteiger partial charge in [0.1, 0.15) is 11.4 Å². The Morgan fingerprint density at radius 1 is 1.52 bits per heavy atom. The first-order valence-electron chi connectivity index (χ1n) is 7.32. The lowest BCUT2D eigenvalue weighted by atomic mass is 9.89. The summed E-state index contributed by atoms with van der Waals surface area (Å²) in [5.41, 5.74) is 10.1. The van der Waals surface area contributed by atoms with E-state index in [0.717, 1.165) is 28.7 Å². The van der Waals surface area contributed by atoms with Crippen LogP contribution in [0, 0.1) is 0 Å². The molecule has 120 valence electrons. The number of halogens is 1. The van der Waals surface area contributed by atoms with Crippen LogP contribution in [0.25, 0.3) is 11.3 Å². The Balaban J connectivity index is 2.11. The molecule has 2 aromatic heterocycles. The second-order valence-electron chi connectivity index (χ2n) is 5.67. The predicted octanol–water partition coefficient (Wildman–Crippen LogP) is 1.99. The minimum atomic E-state index is -0.987. The van der Waals surface area contributed by atoms with Crippen LogP contribution in [0.4, 0.5) is 0 Å². The van der Waals surface area contributed by atoms with Gasteiger partial charge in [-0.25, -0.2) is 9.78 Å². The van der Waals surface area contributed by atoms with E-state index in [2.05, 4.69) is 9.97 Å². The molecule has 1 aliphatic carbocycles. The Morgan fingerprint density at radius 3 is 3.00 bits per heavy atom. The summed E-state index contributed by atoms with van der Waals surface area (Å²) in [6, 6.07) is 1.33. The van der Waals surface area contributed by atoms with Gasteiger partial charge in [0.2, 0.25) is 0 Å². The van der Waals surface area contributed by atoms with E-state index in [-0.39, 0.29) is 12.0 Å². The van der Waals surface area contributed by atoms with E-state index in [1.165, 1.54) is 0 Å². The van der Waals surface area contributed by atoms with Crippen LogP contribution in [0.5, 0.6) is 0 Å². The highest BCUT2D eigenvalue weighted by Gasteiger charge is 2.28. The van der Waals surface area contributed by atoms with E-state index >= 15 is 0 Å². The van der Waals surface area contributed by atoms with Crippen molar-refractivity contribution in [3.05, 3.63) is 39.8 Å². The number of nitrogens with zero attached hydrogens (tertiary/aromatic N) is 1. The van der Waals surface area contributed by atoms with Gasteiger partial charge in [0.05, 0.1) is 11.3 Å². The molecule has 0 saturated carbocycles. The number of pyridine rings is 1. The minimum Gasteiger partial charge on any atom is -0.478 e. The van der Waals surface area contributed by atoms with Crippen LogP contribution in [0.15, 0.2) is 12.3 Å². The molecule has 6 nitrogen and oxygen atoms in total. The Bertz CT molecular complexity index is 785. The molecule has 0 aromatic carbocycles. The number of carboxylic acids is 1. The lowest BCUT2D eigenvalue weighted by Gasteiger charge is -2.16. The second-order valence-corrected chi connectivity index (χ2v) is 6.06. The molecular weight excluding hydrogens is 318 g/mol. The number of hydrogen-bond donors (Lipinski definition) is 3. The quantitative estimate of drug-likeness (QED) is 0.572. The number of H-pyrrole nitrogens is 1. The number of aldehydes is 1. The van der Waals surface area contributed by atoms with Gasteiger partial charge >= 0.3 is 5.97 Å². The van der Waals surface area contributed by atoms with Crippen molar-refractivity contribution in [2.75, 3.05) is 0 Å². The van der Waals surface area contributed by atoms with Gasteiger partial charge in [-0.15, -0.1) is 0 Å². The van der Waals surface area contributed by atoms with Crippen molar-refractivity contribution >= 4 is 23.9 Å². The number of aryl methyl sites for hydroxylation is 1. The maximum absolute atomic E-state index is 11.7. The van der Waals surface area contributed by atoms with Crippen molar-refractivity contribution in [2.45, 2.75) is 31.7 Å². The van der Waals surface area contributed by atoms with Gasteiger partial charge in [0.25, 0.3) is 0 Å². The highest BCUT2D eigenvalue weighted by atomic mass is 35.5. The van der Waals surface area contributed by atoms with E-state index in [1.807, 2.05) is 0 Å².